The van der Waals surface area contributed by atoms with E-state index in [1.54, 1.807) is 24.7 Å². The summed E-state index contributed by atoms with van der Waals surface area (Å²) in [4.78, 5) is 32.3. The van der Waals surface area contributed by atoms with Crippen LogP contribution >= 0.6 is 34.3 Å². The number of thiophene rings is 1. The Kier molecular flexibility index (Phi) is 7.51. The van der Waals surface area contributed by atoms with Gasteiger partial charge in [0.2, 0.25) is 0 Å². The summed E-state index contributed by atoms with van der Waals surface area (Å²) in [7, 11) is 2.90. The normalized spacial score (nSPS) is 15.2. The average Bonchev–Trinajstić information content (AvgIpc) is 3.56. The summed E-state index contributed by atoms with van der Waals surface area (Å²) in [6, 6.07) is 16.1. The van der Waals surface area contributed by atoms with Gasteiger partial charge in [-0.25, -0.2) is 9.79 Å². The summed E-state index contributed by atoms with van der Waals surface area (Å²) in [5, 5.41) is 2.58. The third-order valence-corrected chi connectivity index (χ3v) is 8.19. The van der Waals surface area contributed by atoms with Crippen LogP contribution in [0, 0.1) is 0 Å². The Labute approximate surface area is 231 Å². The molecule has 0 bridgehead atoms. The molecule has 10 heteroatoms. The van der Waals surface area contributed by atoms with Crippen molar-refractivity contribution < 1.29 is 19.0 Å². The number of rotatable bonds is 7. The number of aromatic nitrogens is 1. The molecule has 0 fully saturated rings. The third-order valence-electron chi connectivity index (χ3n) is 6.03. The van der Waals surface area contributed by atoms with Gasteiger partial charge in [0.25, 0.3) is 5.56 Å². The Morgan fingerprint density at radius 3 is 2.61 bits per heavy atom. The number of benzene rings is 2. The van der Waals surface area contributed by atoms with E-state index in [1.165, 1.54) is 29.8 Å². The van der Waals surface area contributed by atoms with Gasteiger partial charge < -0.3 is 14.2 Å². The molecule has 7 nitrogen and oxygen atoms in total. The molecule has 1 aliphatic heterocycles. The van der Waals surface area contributed by atoms with Gasteiger partial charge in [0.05, 0.1) is 30.0 Å². The molecule has 0 saturated heterocycles. The van der Waals surface area contributed by atoms with Gasteiger partial charge in [-0.05, 0) is 59.8 Å². The summed E-state index contributed by atoms with van der Waals surface area (Å²) in [6.45, 7) is 2.12. The molecular weight excluding hydrogens is 544 g/mol. The van der Waals surface area contributed by atoms with E-state index in [1.807, 2.05) is 60.0 Å². The van der Waals surface area contributed by atoms with E-state index in [-0.39, 0.29) is 5.56 Å². The smallest absolute Gasteiger partial charge is 0.338 e. The molecule has 2 aromatic heterocycles. The Morgan fingerprint density at radius 2 is 1.92 bits per heavy atom. The molecule has 2 aromatic carbocycles. The van der Waals surface area contributed by atoms with Crippen LogP contribution in [-0.2, 0) is 16.1 Å². The molecule has 0 radical (unpaired) electrons. The number of allylic oxidation sites excluding steroid dienone is 1. The van der Waals surface area contributed by atoms with Gasteiger partial charge in [-0.3, -0.25) is 9.36 Å². The lowest BCUT2D eigenvalue weighted by atomic mass is 10.0. The summed E-state index contributed by atoms with van der Waals surface area (Å²) in [5.74, 6) is 0.621. The first kappa shape index (κ1) is 26.0. The number of carbonyl (C=O) groups excluding carboxylic acids is 1. The predicted molar refractivity (Wildman–Crippen MR) is 149 cm³/mol. The number of methoxy groups -OCH3 is 2. The lowest BCUT2D eigenvalue weighted by molar-refractivity contribution is -0.136. The third kappa shape index (κ3) is 5.05. The average molecular weight is 567 g/mol. The van der Waals surface area contributed by atoms with Crippen molar-refractivity contribution in [1.29, 1.82) is 0 Å². The summed E-state index contributed by atoms with van der Waals surface area (Å²) in [6.07, 6.45) is 1.79. The second kappa shape index (κ2) is 11.0. The lowest BCUT2D eigenvalue weighted by Crippen LogP contribution is -2.39. The van der Waals surface area contributed by atoms with Crippen molar-refractivity contribution in [3.63, 3.8) is 0 Å². The van der Waals surface area contributed by atoms with E-state index in [0.29, 0.717) is 43.7 Å². The maximum atomic E-state index is 13.6. The first-order valence-corrected chi connectivity index (χ1v) is 13.7. The largest absolute Gasteiger partial charge is 0.493 e. The lowest BCUT2D eigenvalue weighted by Gasteiger charge is -2.22. The van der Waals surface area contributed by atoms with E-state index in [4.69, 9.17) is 25.8 Å². The highest BCUT2D eigenvalue weighted by molar-refractivity contribution is 7.10. The summed E-state index contributed by atoms with van der Waals surface area (Å²) in [5.41, 5.74) is 2.40. The molecule has 1 unspecified atom stereocenters. The molecule has 194 valence electrons. The Morgan fingerprint density at radius 1 is 1.13 bits per heavy atom. The Balaban J connectivity index is 1.51. The predicted octanol–water partition coefficient (Wildman–Crippen LogP) is 4.71. The maximum Gasteiger partial charge on any atom is 0.338 e. The van der Waals surface area contributed by atoms with E-state index in [9.17, 15) is 9.59 Å². The van der Waals surface area contributed by atoms with Crippen molar-refractivity contribution in [3.05, 3.63) is 112 Å². The molecular formula is C28H23ClN2O5S2. The number of esters is 1. The number of hydrogen-bond acceptors (Lipinski definition) is 8. The van der Waals surface area contributed by atoms with Crippen LogP contribution in [0.2, 0.25) is 5.02 Å². The minimum atomic E-state index is -0.598. The highest BCUT2D eigenvalue weighted by Gasteiger charge is 2.33. The molecule has 0 N–H and O–H groups in total. The van der Waals surface area contributed by atoms with Crippen molar-refractivity contribution in [2.45, 2.75) is 19.6 Å². The zero-order valence-corrected chi connectivity index (χ0v) is 23.2. The number of fused-ring (bicyclic) bond motifs is 1. The van der Waals surface area contributed by atoms with Crippen LogP contribution in [0.15, 0.2) is 81.0 Å². The SMILES string of the molecule is COC(=O)C1=C(C)N=c2sc(=Cc3ccc(OCc4ccc(Cl)cc4)c(OC)c3)c(=O)n2C1c1cccs1. The minimum Gasteiger partial charge on any atom is -0.493 e. The number of ether oxygens (including phenoxy) is 3. The number of halogens is 1. The highest BCUT2D eigenvalue weighted by atomic mass is 35.5. The fourth-order valence-electron chi connectivity index (χ4n) is 4.19. The van der Waals surface area contributed by atoms with Crippen LogP contribution in [0.25, 0.3) is 6.08 Å². The molecule has 0 aliphatic carbocycles. The van der Waals surface area contributed by atoms with Crippen molar-refractivity contribution in [1.82, 2.24) is 4.57 Å². The van der Waals surface area contributed by atoms with E-state index in [0.717, 1.165) is 16.0 Å². The van der Waals surface area contributed by atoms with Gasteiger partial charge in [-0.1, -0.05) is 47.2 Å². The molecule has 1 aliphatic rings. The van der Waals surface area contributed by atoms with Crippen molar-refractivity contribution in [2.24, 2.45) is 4.99 Å². The van der Waals surface area contributed by atoms with E-state index < -0.39 is 12.0 Å². The molecule has 38 heavy (non-hydrogen) atoms. The number of carbonyl (C=O) groups is 1. The summed E-state index contributed by atoms with van der Waals surface area (Å²) < 4.78 is 18.6. The van der Waals surface area contributed by atoms with Gasteiger partial charge >= 0.3 is 5.97 Å². The van der Waals surface area contributed by atoms with Gasteiger partial charge in [-0.15, -0.1) is 11.3 Å². The van der Waals surface area contributed by atoms with Crippen molar-refractivity contribution >= 4 is 46.3 Å². The Hall–Kier alpha value is -3.66. The van der Waals surface area contributed by atoms with Crippen LogP contribution in [0.4, 0.5) is 0 Å². The fraction of sp³-hybridized carbons (Fsp3) is 0.179. The number of thiazole rings is 1. The topological polar surface area (TPSA) is 79.1 Å². The fourth-order valence-corrected chi connectivity index (χ4v) is 6.19. The van der Waals surface area contributed by atoms with Gasteiger partial charge in [0.15, 0.2) is 16.3 Å². The van der Waals surface area contributed by atoms with Crippen LogP contribution in [0.5, 0.6) is 11.5 Å². The quantitative estimate of drug-likeness (QED) is 0.303. The first-order valence-electron chi connectivity index (χ1n) is 11.6. The second-order valence-electron chi connectivity index (χ2n) is 8.41. The molecule has 0 saturated carbocycles. The van der Waals surface area contributed by atoms with Gasteiger partial charge in [-0.2, -0.15) is 0 Å². The van der Waals surface area contributed by atoms with Gasteiger partial charge in [0.1, 0.15) is 12.6 Å². The van der Waals surface area contributed by atoms with Crippen LogP contribution in [0.1, 0.15) is 29.0 Å². The maximum absolute atomic E-state index is 13.6. The second-order valence-corrected chi connectivity index (χ2v) is 10.8. The van der Waals surface area contributed by atoms with Crippen molar-refractivity contribution in [2.75, 3.05) is 14.2 Å². The number of nitrogens with zero attached hydrogens (tertiary/aromatic N) is 2. The molecule has 5 rings (SSSR count). The standard InChI is InChI=1S/C28H23ClN2O5S2/c1-16-24(27(33)35-3)25(22-5-4-12-37-22)31-26(32)23(38-28(31)30-16)14-18-8-11-20(21(13-18)34-2)36-15-17-6-9-19(29)10-7-17/h4-14,25H,15H2,1-3H3. The van der Waals surface area contributed by atoms with Crippen LogP contribution in [0.3, 0.4) is 0 Å². The zero-order chi connectivity index (χ0) is 26.8. The molecule has 3 heterocycles. The number of hydrogen-bond donors (Lipinski definition) is 0. The molecule has 4 aromatic rings. The van der Waals surface area contributed by atoms with Crippen molar-refractivity contribution in [3.8, 4) is 11.5 Å². The molecule has 0 amide bonds. The van der Waals surface area contributed by atoms with E-state index >= 15 is 0 Å². The zero-order valence-electron chi connectivity index (χ0n) is 20.8. The van der Waals surface area contributed by atoms with E-state index in [2.05, 4.69) is 4.99 Å². The van der Waals surface area contributed by atoms with Gasteiger partial charge in [0, 0.05) is 9.90 Å². The summed E-state index contributed by atoms with van der Waals surface area (Å²) >= 11 is 8.70. The monoisotopic (exact) mass is 566 g/mol. The molecule has 0 spiro atoms. The van der Waals surface area contributed by atoms with Crippen LogP contribution in [-0.4, -0.2) is 24.8 Å². The van der Waals surface area contributed by atoms with Crippen LogP contribution < -0.4 is 24.4 Å². The minimum absolute atomic E-state index is 0.233. The first-order chi connectivity index (χ1) is 18.4. The highest BCUT2D eigenvalue weighted by Crippen LogP contribution is 2.33. The molecule has 1 atom stereocenters. The Bertz CT molecular complexity index is 1700.